The number of aryl methyl sites for hydroxylation is 1. The van der Waals surface area contributed by atoms with Crippen LogP contribution in [-0.2, 0) is 11.2 Å². The third-order valence-electron chi connectivity index (χ3n) is 6.48. The Kier molecular flexibility index (Phi) is 5.45. The number of carbonyl (C=O) groups is 1. The van der Waals surface area contributed by atoms with Crippen molar-refractivity contribution in [2.75, 3.05) is 11.4 Å². The van der Waals surface area contributed by atoms with Crippen LogP contribution in [0.15, 0.2) is 22.4 Å². The van der Waals surface area contributed by atoms with Crippen molar-refractivity contribution in [3.8, 4) is 0 Å². The molecule has 6 nitrogen and oxygen atoms in total. The number of fused-ring (bicyclic) bond motifs is 2. The van der Waals surface area contributed by atoms with Crippen LogP contribution in [0.2, 0.25) is 0 Å². The number of oxazole rings is 1. The molecule has 1 amide bonds. The fourth-order valence-corrected chi connectivity index (χ4v) is 5.80. The summed E-state index contributed by atoms with van der Waals surface area (Å²) in [5.74, 6) is 0.790. The molecule has 2 bridgehead atoms. The average Bonchev–Trinajstić information content (AvgIpc) is 3.44. The summed E-state index contributed by atoms with van der Waals surface area (Å²) in [5, 5.41) is 3.27. The molecule has 0 radical (unpaired) electrons. The van der Waals surface area contributed by atoms with E-state index in [1.165, 1.54) is 4.88 Å². The van der Waals surface area contributed by atoms with Crippen LogP contribution in [0, 0.1) is 18.3 Å². The van der Waals surface area contributed by atoms with E-state index in [-0.39, 0.29) is 17.4 Å². The molecule has 0 unspecified atom stereocenters. The fourth-order valence-electron chi connectivity index (χ4n) is 5.02. The van der Waals surface area contributed by atoms with Crippen molar-refractivity contribution in [1.29, 1.82) is 0 Å². The Labute approximate surface area is 170 Å². The third kappa shape index (κ3) is 3.45. The summed E-state index contributed by atoms with van der Waals surface area (Å²) in [7, 11) is 0. The molecule has 152 valence electrons. The number of nitrogens with zero attached hydrogens (tertiary/aromatic N) is 3. The highest BCUT2D eigenvalue weighted by molar-refractivity contribution is 7.09. The van der Waals surface area contributed by atoms with E-state index in [0.717, 1.165) is 44.2 Å². The van der Waals surface area contributed by atoms with E-state index in [0.29, 0.717) is 24.5 Å². The number of amides is 1. The maximum atomic E-state index is 13.5. The number of carbonyl (C=O) groups excluding carboxylic acids is 1. The molecule has 0 spiro atoms. The first kappa shape index (κ1) is 19.4. The van der Waals surface area contributed by atoms with E-state index in [1.54, 1.807) is 23.8 Å². The number of hydrogen-bond donors (Lipinski definition) is 1. The predicted molar refractivity (Wildman–Crippen MR) is 110 cm³/mol. The molecular formula is C21H30N4O2S. The molecule has 0 aromatic carbocycles. The van der Waals surface area contributed by atoms with Crippen LogP contribution in [0.4, 0.5) is 6.01 Å². The van der Waals surface area contributed by atoms with Crippen LogP contribution < -0.4 is 10.2 Å². The fraction of sp³-hybridized carbons (Fsp3) is 0.667. The Morgan fingerprint density at radius 2 is 2.29 bits per heavy atom. The van der Waals surface area contributed by atoms with Crippen LogP contribution in [-0.4, -0.2) is 34.5 Å². The van der Waals surface area contributed by atoms with Gasteiger partial charge in [0.15, 0.2) is 0 Å². The topological polar surface area (TPSA) is 71.3 Å². The monoisotopic (exact) mass is 402 g/mol. The van der Waals surface area contributed by atoms with Crippen LogP contribution in [0.25, 0.3) is 0 Å². The van der Waals surface area contributed by atoms with Gasteiger partial charge in [0.25, 0.3) is 6.01 Å². The average molecular weight is 403 g/mol. The number of thiazole rings is 1. The first-order valence-electron chi connectivity index (χ1n) is 10.4. The van der Waals surface area contributed by atoms with E-state index in [4.69, 9.17) is 4.42 Å². The summed E-state index contributed by atoms with van der Waals surface area (Å²) in [6.07, 6.45) is 9.20. The minimum atomic E-state index is -0.343. The van der Waals surface area contributed by atoms with Crippen molar-refractivity contribution in [3.63, 3.8) is 0 Å². The lowest BCUT2D eigenvalue weighted by Crippen LogP contribution is -2.49. The molecule has 2 saturated heterocycles. The van der Waals surface area contributed by atoms with Gasteiger partial charge in [-0.25, -0.2) is 9.97 Å². The molecule has 2 aliphatic heterocycles. The van der Waals surface area contributed by atoms with E-state index < -0.39 is 0 Å². The second kappa shape index (κ2) is 7.85. The number of hydrogen-bond acceptors (Lipinski definition) is 6. The molecular weight excluding hydrogens is 372 g/mol. The molecule has 1 N–H and O–H groups in total. The molecule has 4 heterocycles. The maximum absolute atomic E-state index is 13.5. The molecule has 7 heteroatoms. The van der Waals surface area contributed by atoms with Crippen LogP contribution in [0.1, 0.15) is 56.5 Å². The zero-order valence-corrected chi connectivity index (χ0v) is 17.8. The van der Waals surface area contributed by atoms with E-state index in [2.05, 4.69) is 34.0 Å². The largest absolute Gasteiger partial charge is 0.432 e. The minimum Gasteiger partial charge on any atom is -0.432 e. The number of anilines is 1. The zero-order valence-electron chi connectivity index (χ0n) is 17.0. The Morgan fingerprint density at radius 3 is 2.96 bits per heavy atom. The highest BCUT2D eigenvalue weighted by Gasteiger charge is 2.60. The Balaban J connectivity index is 1.50. The van der Waals surface area contributed by atoms with E-state index in [9.17, 15) is 4.79 Å². The second-order valence-electron chi connectivity index (χ2n) is 8.63. The van der Waals surface area contributed by atoms with Gasteiger partial charge in [-0.1, -0.05) is 13.8 Å². The van der Waals surface area contributed by atoms with Crippen LogP contribution in [0.5, 0.6) is 0 Å². The Morgan fingerprint density at radius 1 is 1.43 bits per heavy atom. The van der Waals surface area contributed by atoms with E-state index >= 15 is 0 Å². The second-order valence-corrected chi connectivity index (χ2v) is 9.57. The molecule has 28 heavy (non-hydrogen) atoms. The third-order valence-corrected chi connectivity index (χ3v) is 7.48. The summed E-state index contributed by atoms with van der Waals surface area (Å²) in [4.78, 5) is 25.7. The van der Waals surface area contributed by atoms with Gasteiger partial charge in [-0.05, 0) is 44.9 Å². The zero-order chi connectivity index (χ0) is 19.7. The first-order valence-corrected chi connectivity index (χ1v) is 11.2. The lowest BCUT2D eigenvalue weighted by atomic mass is 9.69. The minimum absolute atomic E-state index is 0.181. The summed E-state index contributed by atoms with van der Waals surface area (Å²) in [6.45, 7) is 7.16. The SMILES string of the molecule is Cc1ncsc1CCNC(=O)[C@@]1(CCC(C)C)C[C@H]2CC[C@@H]1N2c1ncco1. The van der Waals surface area contributed by atoms with E-state index in [1.807, 2.05) is 12.4 Å². The Hall–Kier alpha value is -1.89. The summed E-state index contributed by atoms with van der Waals surface area (Å²) in [6, 6.07) is 1.21. The van der Waals surface area contributed by atoms with Crippen LogP contribution >= 0.6 is 11.3 Å². The van der Waals surface area contributed by atoms with Gasteiger partial charge in [-0.3, -0.25) is 4.79 Å². The molecule has 2 aromatic heterocycles. The number of aromatic nitrogens is 2. The van der Waals surface area contributed by atoms with Crippen LogP contribution in [0.3, 0.4) is 0 Å². The summed E-state index contributed by atoms with van der Waals surface area (Å²) < 4.78 is 5.62. The van der Waals surface area contributed by atoms with Crippen molar-refractivity contribution >= 4 is 23.3 Å². The summed E-state index contributed by atoms with van der Waals surface area (Å²) >= 11 is 1.67. The highest BCUT2D eigenvalue weighted by Crippen LogP contribution is 2.54. The van der Waals surface area contributed by atoms with Crippen molar-refractivity contribution in [2.24, 2.45) is 11.3 Å². The van der Waals surface area contributed by atoms with Crippen molar-refractivity contribution in [2.45, 2.75) is 71.4 Å². The summed E-state index contributed by atoms with van der Waals surface area (Å²) in [5.41, 5.74) is 2.61. The van der Waals surface area contributed by atoms with Gasteiger partial charge in [0, 0.05) is 29.9 Å². The van der Waals surface area contributed by atoms with Gasteiger partial charge in [-0.15, -0.1) is 11.3 Å². The quantitative estimate of drug-likeness (QED) is 0.724. The molecule has 2 aliphatic rings. The lowest BCUT2D eigenvalue weighted by molar-refractivity contribution is -0.132. The van der Waals surface area contributed by atoms with Crippen molar-refractivity contribution in [1.82, 2.24) is 15.3 Å². The standard InChI is InChI=1S/C21H30N4O2S/c1-14(2)6-8-21(19(26)22-9-7-17-15(3)24-13-28-17)12-16-4-5-18(21)25(16)20-23-10-11-27-20/h10-11,13-14,16,18H,4-9,12H2,1-3H3,(H,22,26)/t16-,18+,21+/m1/s1. The highest BCUT2D eigenvalue weighted by atomic mass is 32.1. The van der Waals surface area contributed by atoms with Crippen molar-refractivity contribution < 1.29 is 9.21 Å². The Bertz CT molecular complexity index is 803. The molecule has 2 aromatic rings. The van der Waals surface area contributed by atoms with Gasteiger partial charge in [0.2, 0.25) is 5.91 Å². The van der Waals surface area contributed by atoms with Gasteiger partial charge in [0.1, 0.15) is 6.26 Å². The predicted octanol–water partition coefficient (Wildman–Crippen LogP) is 3.96. The molecule has 4 rings (SSSR count). The van der Waals surface area contributed by atoms with Gasteiger partial charge >= 0.3 is 0 Å². The van der Waals surface area contributed by atoms with Gasteiger partial charge < -0.3 is 14.6 Å². The number of nitrogens with one attached hydrogen (secondary N) is 1. The normalized spacial score (nSPS) is 26.4. The first-order chi connectivity index (χ1) is 13.5. The molecule has 3 atom stereocenters. The molecule has 0 aliphatic carbocycles. The number of rotatable bonds is 8. The molecule has 2 fully saturated rings. The van der Waals surface area contributed by atoms with Crippen molar-refractivity contribution in [3.05, 3.63) is 28.5 Å². The van der Waals surface area contributed by atoms with Gasteiger partial charge in [-0.2, -0.15) is 0 Å². The smallest absolute Gasteiger partial charge is 0.297 e. The molecule has 0 saturated carbocycles. The van der Waals surface area contributed by atoms with Gasteiger partial charge in [0.05, 0.1) is 22.8 Å². The lowest BCUT2D eigenvalue weighted by Gasteiger charge is -2.36. The maximum Gasteiger partial charge on any atom is 0.297 e.